The molecule has 1 atom stereocenters. The van der Waals surface area contributed by atoms with Crippen molar-refractivity contribution in [2.45, 2.75) is 13.0 Å². The normalized spacial score (nSPS) is 12.6. The molecule has 0 unspecified atom stereocenters. The molecule has 0 aliphatic carbocycles. The number of aliphatic hydroxyl groups excluding tert-OH is 1. The van der Waals surface area contributed by atoms with Gasteiger partial charge in [0.2, 0.25) is 0 Å². The third-order valence-electron chi connectivity index (χ3n) is 1.48. The lowest BCUT2D eigenvalue weighted by atomic mass is 10.2. The highest BCUT2D eigenvalue weighted by Gasteiger charge is 2.06. The predicted molar refractivity (Wildman–Crippen MR) is 41.4 cm³/mol. The fourth-order valence-corrected chi connectivity index (χ4v) is 0.894. The standard InChI is InChI=1S/C8H11NO2/c1-6(10)7-5-9-4-3-8(7)11-2/h3-6,10H,1-2H3/t6-/m1/s1. The molecule has 1 heterocycles. The van der Waals surface area contributed by atoms with E-state index >= 15 is 0 Å². The second-order valence-electron chi connectivity index (χ2n) is 2.29. The monoisotopic (exact) mass is 153 g/mol. The summed E-state index contributed by atoms with van der Waals surface area (Å²) < 4.78 is 5.01. The van der Waals surface area contributed by atoms with Crippen LogP contribution in [0.5, 0.6) is 5.75 Å². The van der Waals surface area contributed by atoms with Crippen LogP contribution in [0.25, 0.3) is 0 Å². The summed E-state index contributed by atoms with van der Waals surface area (Å²) in [6.45, 7) is 1.68. The molecule has 0 spiro atoms. The summed E-state index contributed by atoms with van der Waals surface area (Å²) in [5, 5.41) is 9.22. The number of aromatic nitrogens is 1. The fraction of sp³-hybridized carbons (Fsp3) is 0.375. The Morgan fingerprint density at radius 3 is 2.82 bits per heavy atom. The minimum atomic E-state index is -0.529. The molecule has 0 fully saturated rings. The van der Waals surface area contributed by atoms with Crippen molar-refractivity contribution in [3.63, 3.8) is 0 Å². The Bertz CT molecular complexity index is 235. The number of aliphatic hydroxyl groups is 1. The highest BCUT2D eigenvalue weighted by atomic mass is 16.5. The molecular weight excluding hydrogens is 142 g/mol. The van der Waals surface area contributed by atoms with E-state index in [1.54, 1.807) is 32.5 Å². The second-order valence-corrected chi connectivity index (χ2v) is 2.29. The Hall–Kier alpha value is -1.09. The molecule has 1 aromatic rings. The molecule has 0 radical (unpaired) electrons. The average Bonchev–Trinajstić information content (AvgIpc) is 2.04. The second kappa shape index (κ2) is 3.34. The molecule has 1 rings (SSSR count). The van der Waals surface area contributed by atoms with Crippen LogP contribution in [0, 0.1) is 0 Å². The van der Waals surface area contributed by atoms with E-state index in [2.05, 4.69) is 4.98 Å². The zero-order chi connectivity index (χ0) is 8.27. The van der Waals surface area contributed by atoms with Crippen molar-refractivity contribution in [2.24, 2.45) is 0 Å². The molecule has 0 saturated carbocycles. The third-order valence-corrected chi connectivity index (χ3v) is 1.48. The molecule has 0 aliphatic rings. The van der Waals surface area contributed by atoms with Gasteiger partial charge in [-0.2, -0.15) is 0 Å². The van der Waals surface area contributed by atoms with Crippen molar-refractivity contribution < 1.29 is 9.84 Å². The number of hydrogen-bond acceptors (Lipinski definition) is 3. The molecule has 1 N–H and O–H groups in total. The van der Waals surface area contributed by atoms with Crippen LogP contribution in [0.3, 0.4) is 0 Å². The van der Waals surface area contributed by atoms with Gasteiger partial charge in [0, 0.05) is 18.0 Å². The summed E-state index contributed by atoms with van der Waals surface area (Å²) >= 11 is 0. The van der Waals surface area contributed by atoms with E-state index in [0.717, 1.165) is 5.56 Å². The Kier molecular flexibility index (Phi) is 2.44. The molecule has 0 saturated heterocycles. The first kappa shape index (κ1) is 8.01. The van der Waals surface area contributed by atoms with E-state index in [1.807, 2.05) is 0 Å². The van der Waals surface area contributed by atoms with Crippen molar-refractivity contribution in [1.82, 2.24) is 4.98 Å². The highest BCUT2D eigenvalue weighted by Crippen LogP contribution is 2.22. The van der Waals surface area contributed by atoms with Gasteiger partial charge in [0.1, 0.15) is 5.75 Å². The van der Waals surface area contributed by atoms with Gasteiger partial charge in [0.25, 0.3) is 0 Å². The van der Waals surface area contributed by atoms with Gasteiger partial charge in [0.15, 0.2) is 0 Å². The Morgan fingerprint density at radius 1 is 1.64 bits per heavy atom. The van der Waals surface area contributed by atoms with Gasteiger partial charge in [-0.1, -0.05) is 0 Å². The zero-order valence-corrected chi connectivity index (χ0v) is 6.61. The third kappa shape index (κ3) is 1.68. The fourth-order valence-electron chi connectivity index (χ4n) is 0.894. The van der Waals surface area contributed by atoms with Gasteiger partial charge < -0.3 is 9.84 Å². The first-order valence-electron chi connectivity index (χ1n) is 3.41. The summed E-state index contributed by atoms with van der Waals surface area (Å²) in [5.41, 5.74) is 0.718. The van der Waals surface area contributed by atoms with Crippen molar-refractivity contribution in [1.29, 1.82) is 0 Å². The maximum absolute atomic E-state index is 9.22. The lowest BCUT2D eigenvalue weighted by Gasteiger charge is -2.08. The van der Waals surface area contributed by atoms with Gasteiger partial charge in [-0.15, -0.1) is 0 Å². The van der Waals surface area contributed by atoms with E-state index in [-0.39, 0.29) is 0 Å². The minimum Gasteiger partial charge on any atom is -0.496 e. The van der Waals surface area contributed by atoms with Gasteiger partial charge >= 0.3 is 0 Å². The Morgan fingerprint density at radius 2 is 2.36 bits per heavy atom. The van der Waals surface area contributed by atoms with Crippen LogP contribution in [0.4, 0.5) is 0 Å². The molecule has 0 amide bonds. The number of methoxy groups -OCH3 is 1. The van der Waals surface area contributed by atoms with Gasteiger partial charge in [-0.05, 0) is 13.0 Å². The number of ether oxygens (including phenoxy) is 1. The first-order valence-corrected chi connectivity index (χ1v) is 3.41. The molecule has 60 valence electrons. The summed E-state index contributed by atoms with van der Waals surface area (Å²) in [6, 6.07) is 1.72. The van der Waals surface area contributed by atoms with Gasteiger partial charge in [-0.3, -0.25) is 4.98 Å². The van der Waals surface area contributed by atoms with Crippen molar-refractivity contribution in [3.05, 3.63) is 24.0 Å². The molecule has 0 bridgehead atoms. The SMILES string of the molecule is COc1ccncc1[C@@H](C)O. The van der Waals surface area contributed by atoms with E-state index in [9.17, 15) is 5.11 Å². The molecular formula is C8H11NO2. The van der Waals surface area contributed by atoms with Crippen LogP contribution in [-0.2, 0) is 0 Å². The van der Waals surface area contributed by atoms with E-state index in [1.165, 1.54) is 0 Å². The van der Waals surface area contributed by atoms with Crippen LogP contribution >= 0.6 is 0 Å². The number of hydrogen-bond donors (Lipinski definition) is 1. The molecule has 0 aliphatic heterocycles. The Labute approximate surface area is 65.7 Å². The van der Waals surface area contributed by atoms with E-state index in [0.29, 0.717) is 5.75 Å². The van der Waals surface area contributed by atoms with Crippen LogP contribution in [0.2, 0.25) is 0 Å². The summed E-state index contributed by atoms with van der Waals surface area (Å²) in [4.78, 5) is 3.87. The first-order chi connectivity index (χ1) is 5.25. The lowest BCUT2D eigenvalue weighted by molar-refractivity contribution is 0.194. The van der Waals surface area contributed by atoms with Crippen LogP contribution < -0.4 is 4.74 Å². The summed E-state index contributed by atoms with van der Waals surface area (Å²) in [5.74, 6) is 0.676. The lowest BCUT2D eigenvalue weighted by Crippen LogP contribution is -1.96. The maximum atomic E-state index is 9.22. The quantitative estimate of drug-likeness (QED) is 0.692. The van der Waals surface area contributed by atoms with Crippen molar-refractivity contribution >= 4 is 0 Å². The van der Waals surface area contributed by atoms with Gasteiger partial charge in [-0.25, -0.2) is 0 Å². The largest absolute Gasteiger partial charge is 0.496 e. The molecule has 3 heteroatoms. The summed E-state index contributed by atoms with van der Waals surface area (Å²) in [6.07, 6.45) is 2.70. The zero-order valence-electron chi connectivity index (χ0n) is 6.61. The molecule has 3 nitrogen and oxygen atoms in total. The van der Waals surface area contributed by atoms with Gasteiger partial charge in [0.05, 0.1) is 13.2 Å². The Balaban J connectivity index is 3.02. The van der Waals surface area contributed by atoms with Crippen molar-refractivity contribution in [3.8, 4) is 5.75 Å². The highest BCUT2D eigenvalue weighted by molar-refractivity contribution is 5.31. The molecule has 1 aromatic heterocycles. The van der Waals surface area contributed by atoms with Crippen LogP contribution in [0.15, 0.2) is 18.5 Å². The van der Waals surface area contributed by atoms with E-state index < -0.39 is 6.10 Å². The minimum absolute atomic E-state index is 0.529. The predicted octanol–water partition coefficient (Wildman–Crippen LogP) is 1.14. The maximum Gasteiger partial charge on any atom is 0.127 e. The van der Waals surface area contributed by atoms with Crippen molar-refractivity contribution in [2.75, 3.05) is 7.11 Å². The number of rotatable bonds is 2. The average molecular weight is 153 g/mol. The topological polar surface area (TPSA) is 42.4 Å². The van der Waals surface area contributed by atoms with Crippen LogP contribution in [-0.4, -0.2) is 17.2 Å². The smallest absolute Gasteiger partial charge is 0.127 e. The number of pyridine rings is 1. The molecule has 11 heavy (non-hydrogen) atoms. The number of nitrogens with zero attached hydrogens (tertiary/aromatic N) is 1. The summed E-state index contributed by atoms with van der Waals surface area (Å²) in [7, 11) is 1.57. The molecule has 0 aromatic carbocycles. The van der Waals surface area contributed by atoms with E-state index in [4.69, 9.17) is 4.74 Å². The van der Waals surface area contributed by atoms with Crippen LogP contribution in [0.1, 0.15) is 18.6 Å².